The van der Waals surface area contributed by atoms with Crippen molar-refractivity contribution in [2.75, 3.05) is 18.2 Å². The smallest absolute Gasteiger partial charge is 0.257 e. The first kappa shape index (κ1) is 18.8. The molecule has 2 aromatic heterocycles. The zero-order valence-corrected chi connectivity index (χ0v) is 17.0. The number of nitrogens with zero attached hydrogens (tertiary/aromatic N) is 2. The van der Waals surface area contributed by atoms with Gasteiger partial charge >= 0.3 is 0 Å². The molecule has 0 aliphatic carbocycles. The summed E-state index contributed by atoms with van der Waals surface area (Å²) in [4.78, 5) is 21.0. The lowest BCUT2D eigenvalue weighted by Crippen LogP contribution is -2.13. The minimum absolute atomic E-state index is 0.165. The number of hydrogen-bond donors (Lipinski definition) is 1. The number of anilines is 1. The normalized spacial score (nSPS) is 10.9. The van der Waals surface area contributed by atoms with Gasteiger partial charge in [0.2, 0.25) is 5.91 Å². The zero-order valence-electron chi connectivity index (χ0n) is 14.6. The lowest BCUT2D eigenvalue weighted by atomic mass is 10.2. The number of thiazole rings is 1. The third kappa shape index (κ3) is 4.30. The van der Waals surface area contributed by atoms with Gasteiger partial charge in [-0.1, -0.05) is 23.4 Å². The second-order valence-electron chi connectivity index (χ2n) is 5.70. The number of carbonyl (C=O) groups is 1. The van der Waals surface area contributed by atoms with Crippen LogP contribution < -0.4 is 10.1 Å². The Hall–Kier alpha value is -2.55. The van der Waals surface area contributed by atoms with E-state index in [0.29, 0.717) is 26.5 Å². The Kier molecular flexibility index (Phi) is 5.52. The maximum Gasteiger partial charge on any atom is 0.257 e. The van der Waals surface area contributed by atoms with E-state index in [2.05, 4.69) is 15.3 Å². The largest absolute Gasteiger partial charge is 0.497 e. The van der Waals surface area contributed by atoms with E-state index in [1.807, 2.05) is 29.6 Å². The molecule has 0 radical (unpaired) electrons. The van der Waals surface area contributed by atoms with Crippen molar-refractivity contribution in [1.29, 1.82) is 0 Å². The number of aromatic nitrogens is 2. The number of amides is 1. The molecule has 0 saturated carbocycles. The number of halogens is 1. The van der Waals surface area contributed by atoms with Crippen LogP contribution in [0.1, 0.15) is 0 Å². The molecule has 9 heteroatoms. The van der Waals surface area contributed by atoms with Gasteiger partial charge in [-0.25, -0.2) is 9.97 Å². The highest BCUT2D eigenvalue weighted by Crippen LogP contribution is 2.28. The minimum atomic E-state index is -0.180. The molecule has 0 atom stereocenters. The molecule has 28 heavy (non-hydrogen) atoms. The van der Waals surface area contributed by atoms with Gasteiger partial charge in [0.1, 0.15) is 11.3 Å². The van der Waals surface area contributed by atoms with Crippen molar-refractivity contribution in [3.05, 3.63) is 52.9 Å². The van der Waals surface area contributed by atoms with Gasteiger partial charge in [0.05, 0.1) is 18.6 Å². The van der Waals surface area contributed by atoms with E-state index in [0.717, 1.165) is 17.0 Å². The van der Waals surface area contributed by atoms with E-state index in [1.54, 1.807) is 25.3 Å². The van der Waals surface area contributed by atoms with E-state index >= 15 is 0 Å². The molecular weight excluding hydrogens is 418 g/mol. The van der Waals surface area contributed by atoms with Gasteiger partial charge < -0.3 is 14.5 Å². The number of methoxy groups -OCH3 is 1. The predicted molar refractivity (Wildman–Crippen MR) is 112 cm³/mol. The monoisotopic (exact) mass is 431 g/mol. The highest BCUT2D eigenvalue weighted by Gasteiger charge is 2.12. The summed E-state index contributed by atoms with van der Waals surface area (Å²) in [5.41, 5.74) is 3.05. The number of nitrogens with one attached hydrogen (secondary N) is 1. The SMILES string of the molecule is COc1ccc(-c2csc(NC(=O)CSc3nc4cc(Cl)ccc4o3)n2)cc1. The van der Waals surface area contributed by atoms with E-state index in [4.69, 9.17) is 20.8 Å². The van der Waals surface area contributed by atoms with Crippen molar-refractivity contribution < 1.29 is 13.9 Å². The zero-order chi connectivity index (χ0) is 19.5. The van der Waals surface area contributed by atoms with Crippen LogP contribution in [0.4, 0.5) is 5.13 Å². The second kappa shape index (κ2) is 8.22. The van der Waals surface area contributed by atoms with Crippen LogP contribution in [0.3, 0.4) is 0 Å². The Morgan fingerprint density at radius 2 is 2.07 bits per heavy atom. The summed E-state index contributed by atoms with van der Waals surface area (Å²) in [7, 11) is 1.62. The highest BCUT2D eigenvalue weighted by atomic mass is 35.5. The summed E-state index contributed by atoms with van der Waals surface area (Å²) < 4.78 is 10.7. The molecule has 1 amide bonds. The number of fused-ring (bicyclic) bond motifs is 1. The summed E-state index contributed by atoms with van der Waals surface area (Å²) in [6.07, 6.45) is 0. The van der Waals surface area contributed by atoms with Crippen molar-refractivity contribution in [1.82, 2.24) is 9.97 Å². The fourth-order valence-electron chi connectivity index (χ4n) is 2.45. The number of oxazole rings is 1. The number of benzene rings is 2. The van der Waals surface area contributed by atoms with Crippen molar-refractivity contribution >= 4 is 56.8 Å². The van der Waals surface area contributed by atoms with E-state index < -0.39 is 0 Å². The summed E-state index contributed by atoms with van der Waals surface area (Å²) in [6, 6.07) is 12.8. The number of carbonyl (C=O) groups excluding carboxylic acids is 1. The summed E-state index contributed by atoms with van der Waals surface area (Å²) in [6.45, 7) is 0. The minimum Gasteiger partial charge on any atom is -0.497 e. The Labute approximate surface area is 173 Å². The van der Waals surface area contributed by atoms with Crippen LogP contribution in [0.2, 0.25) is 5.02 Å². The number of rotatable bonds is 6. The van der Waals surface area contributed by atoms with Gasteiger partial charge in [0.15, 0.2) is 10.7 Å². The molecule has 0 saturated heterocycles. The Bertz CT molecular complexity index is 1130. The van der Waals surface area contributed by atoms with Crippen LogP contribution in [-0.4, -0.2) is 28.7 Å². The molecule has 0 aliphatic rings. The molecule has 2 aromatic carbocycles. The quantitative estimate of drug-likeness (QED) is 0.415. The topological polar surface area (TPSA) is 77.2 Å². The van der Waals surface area contributed by atoms with Crippen LogP contribution >= 0.6 is 34.7 Å². The molecule has 4 aromatic rings. The molecule has 0 aliphatic heterocycles. The van der Waals surface area contributed by atoms with E-state index in [-0.39, 0.29) is 11.7 Å². The van der Waals surface area contributed by atoms with Crippen LogP contribution in [0.25, 0.3) is 22.4 Å². The number of hydrogen-bond acceptors (Lipinski definition) is 7. The molecular formula is C19H14ClN3O3S2. The fourth-order valence-corrected chi connectivity index (χ4v) is 3.99. The van der Waals surface area contributed by atoms with Crippen molar-refractivity contribution in [3.8, 4) is 17.0 Å². The first-order valence-corrected chi connectivity index (χ1v) is 10.4. The van der Waals surface area contributed by atoms with Crippen molar-refractivity contribution in [2.45, 2.75) is 5.22 Å². The van der Waals surface area contributed by atoms with E-state index in [1.165, 1.54) is 23.1 Å². The third-order valence-corrected chi connectivity index (χ3v) is 5.61. The Morgan fingerprint density at radius 3 is 2.86 bits per heavy atom. The Balaban J connectivity index is 1.36. The lowest BCUT2D eigenvalue weighted by molar-refractivity contribution is -0.113. The third-order valence-electron chi connectivity index (χ3n) is 3.79. The van der Waals surface area contributed by atoms with Crippen LogP contribution in [0.15, 0.2) is 57.5 Å². The maximum absolute atomic E-state index is 12.2. The predicted octanol–water partition coefficient (Wildman–Crippen LogP) is 5.34. The van der Waals surface area contributed by atoms with Crippen molar-refractivity contribution in [2.24, 2.45) is 0 Å². The molecule has 0 spiro atoms. The van der Waals surface area contributed by atoms with Crippen molar-refractivity contribution in [3.63, 3.8) is 0 Å². The average Bonchev–Trinajstić information content (AvgIpc) is 3.32. The number of thioether (sulfide) groups is 1. The molecule has 142 valence electrons. The molecule has 2 heterocycles. The lowest BCUT2D eigenvalue weighted by Gasteiger charge is -2.01. The van der Waals surface area contributed by atoms with Gasteiger partial charge in [-0.2, -0.15) is 0 Å². The van der Waals surface area contributed by atoms with Gasteiger partial charge in [-0.3, -0.25) is 4.79 Å². The summed E-state index contributed by atoms with van der Waals surface area (Å²) >= 11 is 8.53. The molecule has 0 unspecified atom stereocenters. The molecule has 0 fully saturated rings. The van der Waals surface area contributed by atoms with Crippen LogP contribution in [0, 0.1) is 0 Å². The Morgan fingerprint density at radius 1 is 1.25 bits per heavy atom. The van der Waals surface area contributed by atoms with Gasteiger partial charge in [0, 0.05) is 16.0 Å². The van der Waals surface area contributed by atoms with Crippen LogP contribution in [-0.2, 0) is 4.79 Å². The second-order valence-corrected chi connectivity index (χ2v) is 7.92. The maximum atomic E-state index is 12.2. The average molecular weight is 432 g/mol. The van der Waals surface area contributed by atoms with Crippen LogP contribution in [0.5, 0.6) is 5.75 Å². The van der Waals surface area contributed by atoms with Gasteiger partial charge in [-0.15, -0.1) is 11.3 Å². The molecule has 0 bridgehead atoms. The standard InChI is InChI=1S/C19H14ClN3O3S2/c1-25-13-5-2-11(3-6-13)15-9-27-18(21-15)23-17(24)10-28-19-22-14-8-12(20)4-7-16(14)26-19/h2-9H,10H2,1H3,(H,21,23,24). The fraction of sp³-hybridized carbons (Fsp3) is 0.105. The van der Waals surface area contributed by atoms with Gasteiger partial charge in [-0.05, 0) is 42.5 Å². The highest BCUT2D eigenvalue weighted by molar-refractivity contribution is 7.99. The summed E-state index contributed by atoms with van der Waals surface area (Å²) in [5.74, 6) is 0.768. The first-order chi connectivity index (χ1) is 13.6. The molecule has 1 N–H and O–H groups in total. The van der Waals surface area contributed by atoms with E-state index in [9.17, 15) is 4.79 Å². The number of ether oxygens (including phenoxy) is 1. The first-order valence-electron chi connectivity index (χ1n) is 8.19. The molecule has 6 nitrogen and oxygen atoms in total. The summed E-state index contributed by atoms with van der Waals surface area (Å²) in [5, 5.41) is 6.25. The van der Waals surface area contributed by atoms with Gasteiger partial charge in [0.25, 0.3) is 5.22 Å². The molecule has 4 rings (SSSR count).